The van der Waals surface area contributed by atoms with Crippen LogP contribution in [0.25, 0.3) is 6.08 Å². The first kappa shape index (κ1) is 16.2. The molecule has 1 aliphatic rings. The Morgan fingerprint density at radius 2 is 1.91 bits per heavy atom. The molecule has 1 fully saturated rings. The first-order chi connectivity index (χ1) is 10.7. The van der Waals surface area contributed by atoms with Crippen molar-refractivity contribution in [1.82, 2.24) is 0 Å². The molecule has 2 rings (SSSR count). The molecule has 5 nitrogen and oxygen atoms in total. The number of hydrogen-bond acceptors (Lipinski definition) is 5. The summed E-state index contributed by atoms with van der Waals surface area (Å²) in [6.45, 7) is 3.96. The molecule has 0 unspecified atom stereocenters. The van der Waals surface area contributed by atoms with E-state index >= 15 is 0 Å². The van der Waals surface area contributed by atoms with Gasteiger partial charge in [0.2, 0.25) is 0 Å². The molecule has 1 aromatic rings. The maximum absolute atomic E-state index is 11.4. The summed E-state index contributed by atoms with van der Waals surface area (Å²) in [5.74, 6) is -0.319. The van der Waals surface area contributed by atoms with E-state index in [0.29, 0.717) is 18.8 Å². The molecular weight excluding hydrogens is 284 g/mol. The van der Waals surface area contributed by atoms with Crippen molar-refractivity contribution in [2.24, 2.45) is 0 Å². The number of carbonyl (C=O) groups excluding carboxylic acids is 2. The normalized spacial score (nSPS) is 16.1. The molecule has 0 atom stereocenters. The number of rotatable bonds is 8. The van der Waals surface area contributed by atoms with E-state index in [1.54, 1.807) is 6.08 Å². The maximum atomic E-state index is 11.4. The van der Waals surface area contributed by atoms with Crippen molar-refractivity contribution < 1.29 is 23.8 Å². The Balaban J connectivity index is 1.79. The molecule has 1 aliphatic heterocycles. The third-order valence-corrected chi connectivity index (χ3v) is 3.16. The minimum absolute atomic E-state index is 0.0339. The summed E-state index contributed by atoms with van der Waals surface area (Å²) in [5, 5.41) is 0. The van der Waals surface area contributed by atoms with Crippen LogP contribution in [0.4, 0.5) is 0 Å². The van der Waals surface area contributed by atoms with Crippen LogP contribution < -0.4 is 4.74 Å². The standard InChI is InChI=1S/C17H20O5/c1-2-3-8-20-9-10-21-15-6-4-13(5-7-15)11-14-12-16(18)22-17(14)19/h4-7,11H,2-3,8-10,12H2,1H3/b14-11+. The van der Waals surface area contributed by atoms with Gasteiger partial charge in [-0.2, -0.15) is 0 Å². The van der Waals surface area contributed by atoms with E-state index in [1.165, 1.54) is 0 Å². The zero-order valence-electron chi connectivity index (χ0n) is 12.7. The highest BCUT2D eigenvalue weighted by Gasteiger charge is 2.26. The van der Waals surface area contributed by atoms with E-state index in [0.717, 1.165) is 30.8 Å². The zero-order valence-corrected chi connectivity index (χ0v) is 12.7. The molecule has 0 spiro atoms. The summed E-state index contributed by atoms with van der Waals surface area (Å²) in [5.41, 5.74) is 1.20. The molecular formula is C17H20O5. The lowest BCUT2D eigenvalue weighted by Crippen LogP contribution is -2.07. The van der Waals surface area contributed by atoms with E-state index < -0.39 is 11.9 Å². The van der Waals surface area contributed by atoms with Gasteiger partial charge in [0.25, 0.3) is 0 Å². The van der Waals surface area contributed by atoms with E-state index in [4.69, 9.17) is 9.47 Å². The van der Waals surface area contributed by atoms with Gasteiger partial charge in [-0.05, 0) is 30.2 Å². The van der Waals surface area contributed by atoms with Crippen LogP contribution in [0.3, 0.4) is 0 Å². The molecule has 1 aromatic carbocycles. The van der Waals surface area contributed by atoms with Crippen molar-refractivity contribution in [3.05, 3.63) is 35.4 Å². The van der Waals surface area contributed by atoms with Crippen LogP contribution in [0.15, 0.2) is 29.8 Å². The maximum Gasteiger partial charge on any atom is 0.342 e. The van der Waals surface area contributed by atoms with Gasteiger partial charge in [0.05, 0.1) is 13.0 Å². The molecule has 22 heavy (non-hydrogen) atoms. The van der Waals surface area contributed by atoms with Crippen LogP contribution >= 0.6 is 0 Å². The SMILES string of the molecule is CCCCOCCOc1ccc(/C=C2\CC(=O)OC2=O)cc1. The van der Waals surface area contributed by atoms with Gasteiger partial charge in [-0.15, -0.1) is 0 Å². The van der Waals surface area contributed by atoms with Crippen LogP contribution in [0.2, 0.25) is 0 Å². The smallest absolute Gasteiger partial charge is 0.342 e. The van der Waals surface area contributed by atoms with Crippen molar-refractivity contribution in [3.8, 4) is 5.75 Å². The molecule has 0 saturated carbocycles. The molecule has 1 saturated heterocycles. The predicted molar refractivity (Wildman–Crippen MR) is 81.4 cm³/mol. The van der Waals surface area contributed by atoms with Gasteiger partial charge >= 0.3 is 11.9 Å². The lowest BCUT2D eigenvalue weighted by Gasteiger charge is -2.07. The average Bonchev–Trinajstić information content (AvgIpc) is 2.82. The highest BCUT2D eigenvalue weighted by atomic mass is 16.6. The quantitative estimate of drug-likeness (QED) is 0.320. The fourth-order valence-corrected chi connectivity index (χ4v) is 1.97. The van der Waals surface area contributed by atoms with Gasteiger partial charge in [-0.1, -0.05) is 25.5 Å². The Labute approximate surface area is 129 Å². The van der Waals surface area contributed by atoms with E-state index in [2.05, 4.69) is 11.7 Å². The molecule has 0 aromatic heterocycles. The van der Waals surface area contributed by atoms with Crippen molar-refractivity contribution in [2.75, 3.05) is 19.8 Å². The fourth-order valence-electron chi connectivity index (χ4n) is 1.97. The Hall–Kier alpha value is -2.14. The van der Waals surface area contributed by atoms with Crippen LogP contribution in [-0.4, -0.2) is 31.8 Å². The summed E-state index contributed by atoms with van der Waals surface area (Å²) < 4.78 is 15.4. The number of ether oxygens (including phenoxy) is 3. The first-order valence-electron chi connectivity index (χ1n) is 7.45. The third-order valence-electron chi connectivity index (χ3n) is 3.16. The number of unbranched alkanes of at least 4 members (excludes halogenated alkanes) is 1. The van der Waals surface area contributed by atoms with Crippen LogP contribution in [0.1, 0.15) is 31.7 Å². The lowest BCUT2D eigenvalue weighted by molar-refractivity contribution is -0.151. The van der Waals surface area contributed by atoms with Crippen LogP contribution in [0.5, 0.6) is 5.75 Å². The second kappa shape index (κ2) is 8.34. The predicted octanol–water partition coefficient (Wildman–Crippen LogP) is 2.74. The van der Waals surface area contributed by atoms with Gasteiger partial charge in [-0.3, -0.25) is 4.79 Å². The number of carbonyl (C=O) groups is 2. The van der Waals surface area contributed by atoms with Crippen molar-refractivity contribution in [1.29, 1.82) is 0 Å². The van der Waals surface area contributed by atoms with Crippen LogP contribution in [-0.2, 0) is 19.1 Å². The topological polar surface area (TPSA) is 61.8 Å². The van der Waals surface area contributed by atoms with Crippen molar-refractivity contribution in [3.63, 3.8) is 0 Å². The number of benzene rings is 1. The van der Waals surface area contributed by atoms with E-state index in [1.807, 2.05) is 24.3 Å². The summed E-state index contributed by atoms with van der Waals surface area (Å²) >= 11 is 0. The summed E-state index contributed by atoms with van der Waals surface area (Å²) in [4.78, 5) is 22.4. The monoisotopic (exact) mass is 304 g/mol. The second-order valence-electron chi connectivity index (χ2n) is 4.99. The molecule has 0 amide bonds. The summed E-state index contributed by atoms with van der Waals surface area (Å²) in [6.07, 6.45) is 3.88. The summed E-state index contributed by atoms with van der Waals surface area (Å²) in [7, 11) is 0. The van der Waals surface area contributed by atoms with Crippen LogP contribution in [0, 0.1) is 0 Å². The van der Waals surface area contributed by atoms with Gasteiger partial charge in [0.15, 0.2) is 0 Å². The zero-order chi connectivity index (χ0) is 15.8. The van der Waals surface area contributed by atoms with E-state index in [-0.39, 0.29) is 6.42 Å². The minimum atomic E-state index is -0.561. The largest absolute Gasteiger partial charge is 0.491 e. The Morgan fingerprint density at radius 3 is 2.55 bits per heavy atom. The molecule has 0 aliphatic carbocycles. The Morgan fingerprint density at radius 1 is 1.14 bits per heavy atom. The number of cyclic esters (lactones) is 2. The summed E-state index contributed by atoms with van der Waals surface area (Å²) in [6, 6.07) is 7.30. The lowest BCUT2D eigenvalue weighted by atomic mass is 10.1. The average molecular weight is 304 g/mol. The third kappa shape index (κ3) is 5.00. The van der Waals surface area contributed by atoms with E-state index in [9.17, 15) is 9.59 Å². The molecule has 0 radical (unpaired) electrons. The van der Waals surface area contributed by atoms with Crippen molar-refractivity contribution >= 4 is 18.0 Å². The van der Waals surface area contributed by atoms with Gasteiger partial charge < -0.3 is 14.2 Å². The Bertz CT molecular complexity index is 545. The number of esters is 2. The molecule has 0 bridgehead atoms. The molecule has 1 heterocycles. The number of hydrogen-bond donors (Lipinski definition) is 0. The second-order valence-corrected chi connectivity index (χ2v) is 4.99. The van der Waals surface area contributed by atoms with Gasteiger partial charge in [0.1, 0.15) is 12.4 Å². The van der Waals surface area contributed by atoms with Crippen molar-refractivity contribution in [2.45, 2.75) is 26.2 Å². The molecule has 0 N–H and O–H groups in total. The Kier molecular flexibility index (Phi) is 6.15. The fraction of sp³-hybridized carbons (Fsp3) is 0.412. The van der Waals surface area contributed by atoms with Gasteiger partial charge in [-0.25, -0.2) is 4.79 Å². The highest BCUT2D eigenvalue weighted by molar-refractivity contribution is 6.08. The molecule has 5 heteroatoms. The molecule has 118 valence electrons. The first-order valence-corrected chi connectivity index (χ1v) is 7.45. The highest BCUT2D eigenvalue weighted by Crippen LogP contribution is 2.20. The van der Waals surface area contributed by atoms with Gasteiger partial charge in [0, 0.05) is 12.2 Å². The minimum Gasteiger partial charge on any atom is -0.491 e.